The molecule has 192 valence electrons. The van der Waals surface area contributed by atoms with E-state index >= 15 is 0 Å². The van der Waals surface area contributed by atoms with Gasteiger partial charge in [-0.15, -0.1) is 0 Å². The second-order valence-electron chi connectivity index (χ2n) is 9.18. The van der Waals surface area contributed by atoms with Crippen LogP contribution in [0.2, 0.25) is 0 Å². The van der Waals surface area contributed by atoms with Crippen LogP contribution in [0.25, 0.3) is 17.0 Å². The molecular formula is C30H26FN3O4. The van der Waals surface area contributed by atoms with Crippen LogP contribution in [0, 0.1) is 19.7 Å². The molecule has 0 atom stereocenters. The number of aryl methyl sites for hydroxylation is 3. The summed E-state index contributed by atoms with van der Waals surface area (Å²) < 4.78 is 21.3. The molecule has 3 aromatic carbocycles. The van der Waals surface area contributed by atoms with Gasteiger partial charge in [-0.05, 0) is 79.9 Å². The number of anilines is 1. The lowest BCUT2D eigenvalue weighted by atomic mass is 10.1. The number of benzene rings is 3. The van der Waals surface area contributed by atoms with Crippen LogP contribution in [0.5, 0.6) is 5.75 Å². The minimum atomic E-state index is -0.880. The van der Waals surface area contributed by atoms with E-state index in [9.17, 15) is 18.8 Å². The van der Waals surface area contributed by atoms with Gasteiger partial charge in [-0.25, -0.2) is 14.1 Å². The predicted molar refractivity (Wildman–Crippen MR) is 143 cm³/mol. The molecule has 5 rings (SSSR count). The van der Waals surface area contributed by atoms with Crippen molar-refractivity contribution in [3.05, 3.63) is 101 Å². The van der Waals surface area contributed by atoms with Crippen molar-refractivity contribution in [2.45, 2.75) is 26.8 Å². The molecule has 0 spiro atoms. The Morgan fingerprint density at radius 1 is 0.947 bits per heavy atom. The lowest BCUT2D eigenvalue weighted by Gasteiger charge is -2.26. The van der Waals surface area contributed by atoms with Crippen molar-refractivity contribution < 1.29 is 23.5 Å². The molecule has 1 N–H and O–H groups in total. The van der Waals surface area contributed by atoms with Gasteiger partial charge >= 0.3 is 6.03 Å². The van der Waals surface area contributed by atoms with Crippen LogP contribution in [0.4, 0.5) is 14.9 Å². The summed E-state index contributed by atoms with van der Waals surface area (Å²) in [5, 5.41) is 3.07. The molecule has 0 aliphatic carbocycles. The van der Waals surface area contributed by atoms with Gasteiger partial charge in [0.05, 0.1) is 12.3 Å². The number of halogens is 1. The summed E-state index contributed by atoms with van der Waals surface area (Å²) in [7, 11) is 0. The number of nitrogens with one attached hydrogen (secondary N) is 1. The highest BCUT2D eigenvalue weighted by Gasteiger charge is 2.37. The topological polar surface area (TPSA) is 80.6 Å². The third-order valence-corrected chi connectivity index (χ3v) is 6.60. The Morgan fingerprint density at radius 2 is 1.71 bits per heavy atom. The number of amides is 4. The zero-order valence-corrected chi connectivity index (χ0v) is 21.0. The van der Waals surface area contributed by atoms with E-state index in [1.165, 1.54) is 29.3 Å². The minimum absolute atomic E-state index is 0.165. The van der Waals surface area contributed by atoms with Gasteiger partial charge in [-0.2, -0.15) is 0 Å². The number of rotatable bonds is 7. The van der Waals surface area contributed by atoms with E-state index in [1.807, 2.05) is 48.7 Å². The highest BCUT2D eigenvalue weighted by molar-refractivity contribution is 6.39. The maximum atomic E-state index is 13.4. The number of urea groups is 1. The summed E-state index contributed by atoms with van der Waals surface area (Å²) in [5.41, 5.74) is 3.99. The van der Waals surface area contributed by atoms with Crippen molar-refractivity contribution in [3.63, 3.8) is 0 Å². The first-order chi connectivity index (χ1) is 18.3. The summed E-state index contributed by atoms with van der Waals surface area (Å²) in [6.45, 7) is 5.30. The van der Waals surface area contributed by atoms with Crippen LogP contribution in [0.1, 0.15) is 23.1 Å². The Labute approximate surface area is 219 Å². The lowest BCUT2D eigenvalue weighted by molar-refractivity contribution is -0.122. The van der Waals surface area contributed by atoms with Gasteiger partial charge < -0.3 is 9.30 Å². The molecule has 38 heavy (non-hydrogen) atoms. The van der Waals surface area contributed by atoms with E-state index in [0.717, 1.165) is 40.1 Å². The molecule has 2 heterocycles. The summed E-state index contributed by atoms with van der Waals surface area (Å²) in [6.07, 6.45) is 4.12. The summed E-state index contributed by atoms with van der Waals surface area (Å²) in [6, 6.07) is 17.8. The Balaban J connectivity index is 1.38. The van der Waals surface area contributed by atoms with Gasteiger partial charge in [0.2, 0.25) is 0 Å². The van der Waals surface area contributed by atoms with Crippen LogP contribution >= 0.6 is 0 Å². The summed E-state index contributed by atoms with van der Waals surface area (Å²) in [4.78, 5) is 39.1. The first kappa shape index (κ1) is 25.0. The van der Waals surface area contributed by atoms with E-state index in [-0.39, 0.29) is 11.3 Å². The van der Waals surface area contributed by atoms with Crippen molar-refractivity contribution in [2.75, 3.05) is 11.5 Å². The number of imide groups is 2. The standard InChI is InChI=1S/C30H26FN3O4/c1-19-8-13-24(16-20(19)2)38-15-5-14-33-18-21(25-6-3-4-7-27(25)33)17-26-28(35)32-30(37)34(29(26)36)23-11-9-22(31)10-12-23/h3-4,6-13,16-18H,5,14-15H2,1-2H3,(H,32,35,37)/b26-17-. The largest absolute Gasteiger partial charge is 0.494 e. The molecule has 1 saturated heterocycles. The first-order valence-electron chi connectivity index (χ1n) is 12.3. The highest BCUT2D eigenvalue weighted by Crippen LogP contribution is 2.27. The number of ether oxygens (including phenoxy) is 1. The Bertz CT molecular complexity index is 1590. The van der Waals surface area contributed by atoms with Crippen molar-refractivity contribution in [2.24, 2.45) is 0 Å². The average molecular weight is 512 g/mol. The highest BCUT2D eigenvalue weighted by atomic mass is 19.1. The molecule has 0 bridgehead atoms. The maximum Gasteiger partial charge on any atom is 0.335 e. The third kappa shape index (κ3) is 4.93. The Kier molecular flexibility index (Phi) is 6.79. The quantitative estimate of drug-likeness (QED) is 0.201. The average Bonchev–Trinajstić information content (AvgIpc) is 3.25. The van der Waals surface area contributed by atoms with Crippen LogP contribution in [-0.2, 0) is 16.1 Å². The number of aromatic nitrogens is 1. The minimum Gasteiger partial charge on any atom is -0.494 e. The normalized spacial score (nSPS) is 14.9. The molecule has 7 nitrogen and oxygen atoms in total. The fraction of sp³-hybridized carbons (Fsp3) is 0.167. The van der Waals surface area contributed by atoms with Crippen molar-refractivity contribution in [3.8, 4) is 5.75 Å². The second kappa shape index (κ2) is 10.3. The van der Waals surface area contributed by atoms with Gasteiger partial charge in [-0.1, -0.05) is 24.3 Å². The lowest BCUT2D eigenvalue weighted by Crippen LogP contribution is -2.54. The van der Waals surface area contributed by atoms with Crippen molar-refractivity contribution in [1.82, 2.24) is 9.88 Å². The number of carbonyl (C=O) groups excluding carboxylic acids is 3. The smallest absolute Gasteiger partial charge is 0.335 e. The molecule has 1 aliphatic heterocycles. The second-order valence-corrected chi connectivity index (χ2v) is 9.18. The monoisotopic (exact) mass is 511 g/mol. The number of fused-ring (bicyclic) bond motifs is 1. The van der Waals surface area contributed by atoms with Crippen LogP contribution in [-0.4, -0.2) is 29.0 Å². The molecule has 8 heteroatoms. The zero-order valence-electron chi connectivity index (χ0n) is 21.0. The molecular weight excluding hydrogens is 485 g/mol. The van der Waals surface area contributed by atoms with E-state index in [1.54, 1.807) is 0 Å². The zero-order chi connectivity index (χ0) is 26.8. The molecule has 4 amide bonds. The maximum absolute atomic E-state index is 13.4. The van der Waals surface area contributed by atoms with Gasteiger partial charge in [0.25, 0.3) is 11.8 Å². The van der Waals surface area contributed by atoms with Gasteiger partial charge in [0.15, 0.2) is 0 Å². The van der Waals surface area contributed by atoms with Crippen LogP contribution in [0.15, 0.2) is 78.5 Å². The molecule has 0 unspecified atom stereocenters. The van der Waals surface area contributed by atoms with Crippen LogP contribution < -0.4 is 15.0 Å². The number of carbonyl (C=O) groups is 3. The van der Waals surface area contributed by atoms with Crippen molar-refractivity contribution >= 4 is 40.5 Å². The van der Waals surface area contributed by atoms with E-state index in [4.69, 9.17) is 4.74 Å². The fourth-order valence-corrected chi connectivity index (χ4v) is 4.44. The molecule has 1 aromatic heterocycles. The Hall–Kier alpha value is -4.72. The molecule has 0 radical (unpaired) electrons. The molecule has 0 saturated carbocycles. The number of nitrogens with zero attached hydrogens (tertiary/aromatic N) is 2. The first-order valence-corrected chi connectivity index (χ1v) is 12.3. The van der Waals surface area contributed by atoms with E-state index in [2.05, 4.69) is 23.7 Å². The number of barbiturate groups is 1. The molecule has 1 aliphatic rings. The number of para-hydroxylation sites is 1. The number of hydrogen-bond donors (Lipinski definition) is 1. The van der Waals surface area contributed by atoms with Gasteiger partial charge in [0, 0.05) is 29.2 Å². The van der Waals surface area contributed by atoms with Gasteiger partial charge in [0.1, 0.15) is 17.1 Å². The van der Waals surface area contributed by atoms with Gasteiger partial charge in [-0.3, -0.25) is 14.9 Å². The van der Waals surface area contributed by atoms with Crippen LogP contribution in [0.3, 0.4) is 0 Å². The summed E-state index contributed by atoms with van der Waals surface area (Å²) >= 11 is 0. The molecule has 1 fully saturated rings. The van der Waals surface area contributed by atoms with E-state index in [0.29, 0.717) is 18.7 Å². The number of hydrogen-bond acceptors (Lipinski definition) is 4. The summed E-state index contributed by atoms with van der Waals surface area (Å²) in [5.74, 6) is -1.23. The SMILES string of the molecule is Cc1ccc(OCCCn2cc(/C=C3/C(=O)NC(=O)N(c4ccc(F)cc4)C3=O)c3ccccc32)cc1C. The third-order valence-electron chi connectivity index (χ3n) is 6.60. The molecule has 4 aromatic rings. The Morgan fingerprint density at radius 3 is 2.47 bits per heavy atom. The predicted octanol–water partition coefficient (Wildman–Crippen LogP) is 5.53. The fourth-order valence-electron chi connectivity index (χ4n) is 4.44. The van der Waals surface area contributed by atoms with E-state index < -0.39 is 23.7 Å². The van der Waals surface area contributed by atoms with Crippen molar-refractivity contribution in [1.29, 1.82) is 0 Å².